The predicted octanol–water partition coefficient (Wildman–Crippen LogP) is 3.11. The third-order valence-electron chi connectivity index (χ3n) is 5.59. The maximum Gasteiger partial charge on any atom is 0.116 e. The fraction of sp³-hybridized carbons (Fsp3) is 0.143. The minimum atomic E-state index is -1.86. The van der Waals surface area contributed by atoms with Crippen LogP contribution >= 0.6 is 7.26 Å². The maximum atomic E-state index is 2.40. The van der Waals surface area contributed by atoms with Gasteiger partial charge in [-0.15, -0.1) is 0 Å². The molecule has 0 heterocycles. The van der Waals surface area contributed by atoms with Gasteiger partial charge in [-0.2, -0.15) is 0 Å². The zero-order chi connectivity index (χ0) is 20.3. The molecule has 4 aromatic carbocycles. The van der Waals surface area contributed by atoms with Crippen LogP contribution in [0.3, 0.4) is 0 Å². The Balaban J connectivity index is 0.00000256. The van der Waals surface area contributed by atoms with Crippen LogP contribution in [0.4, 0.5) is 0 Å². The van der Waals surface area contributed by atoms with Crippen molar-refractivity contribution in [3.63, 3.8) is 0 Å². The summed E-state index contributed by atoms with van der Waals surface area (Å²) in [7, 11) is -1.86. The van der Waals surface area contributed by atoms with Crippen molar-refractivity contribution in [1.29, 1.82) is 0 Å². The Hall–Kier alpha value is -2.21. The van der Waals surface area contributed by atoms with E-state index >= 15 is 0 Å². The van der Waals surface area contributed by atoms with Gasteiger partial charge in [0.2, 0.25) is 0 Å². The summed E-state index contributed by atoms with van der Waals surface area (Å²) in [6, 6.07) is 38.5. The molecule has 30 heavy (non-hydrogen) atoms. The second-order valence-corrected chi connectivity index (χ2v) is 11.5. The molecule has 0 bridgehead atoms. The van der Waals surface area contributed by atoms with E-state index in [1.807, 2.05) is 0 Å². The average molecular weight is 475 g/mol. The van der Waals surface area contributed by atoms with E-state index in [2.05, 4.69) is 124 Å². The molecule has 0 saturated carbocycles. The Morgan fingerprint density at radius 1 is 0.500 bits per heavy atom. The molecular weight excluding hydrogens is 447 g/mol. The highest BCUT2D eigenvalue weighted by molar-refractivity contribution is 7.95. The number of hydrogen-bond acceptors (Lipinski definition) is 0. The maximum absolute atomic E-state index is 2.40. The first-order valence-electron chi connectivity index (χ1n) is 10.2. The summed E-state index contributed by atoms with van der Waals surface area (Å²) in [5.41, 5.74) is 5.35. The van der Waals surface area contributed by atoms with E-state index in [4.69, 9.17) is 0 Å². The van der Waals surface area contributed by atoms with Gasteiger partial charge in [0.15, 0.2) is 0 Å². The van der Waals surface area contributed by atoms with Gasteiger partial charge in [0.1, 0.15) is 23.2 Å². The first-order chi connectivity index (χ1) is 14.1. The lowest BCUT2D eigenvalue weighted by Gasteiger charge is -2.28. The third kappa shape index (κ3) is 4.59. The normalized spacial score (nSPS) is 11.0. The highest BCUT2D eigenvalue weighted by Crippen LogP contribution is 2.58. The van der Waals surface area contributed by atoms with Crippen molar-refractivity contribution >= 4 is 23.2 Å². The molecule has 0 saturated heterocycles. The van der Waals surface area contributed by atoms with Gasteiger partial charge >= 0.3 is 0 Å². The van der Waals surface area contributed by atoms with Crippen LogP contribution in [0.25, 0.3) is 0 Å². The standard InChI is InChI=1S/C28H28P.BrH/c1-22-10-7-15-26(18-22)29(21-25-13-5-4-6-14-25,27-16-8-11-23(2)19-27)28-17-9-12-24(3)20-28;/h4-20H,21H2,1-3H3;1H/q+1;/p-1. The predicted molar refractivity (Wildman–Crippen MR) is 130 cm³/mol. The molecule has 0 unspecified atom stereocenters. The van der Waals surface area contributed by atoms with Gasteiger partial charge < -0.3 is 17.0 Å². The molecule has 152 valence electrons. The molecule has 0 aliphatic rings. The Bertz CT molecular complexity index is 1010. The molecule has 0 radical (unpaired) electrons. The van der Waals surface area contributed by atoms with Gasteiger partial charge in [0.25, 0.3) is 0 Å². The topological polar surface area (TPSA) is 0 Å². The quantitative estimate of drug-likeness (QED) is 0.390. The molecule has 0 aromatic heterocycles. The number of rotatable bonds is 5. The molecular formula is C28H28BrP. The molecule has 0 aliphatic carbocycles. The fourth-order valence-electron chi connectivity index (χ4n) is 4.17. The number of hydrogen-bond donors (Lipinski definition) is 0. The van der Waals surface area contributed by atoms with Gasteiger partial charge in [-0.25, -0.2) is 0 Å². The number of aryl methyl sites for hydroxylation is 3. The van der Waals surface area contributed by atoms with Crippen molar-refractivity contribution in [3.05, 3.63) is 125 Å². The van der Waals surface area contributed by atoms with Crippen LogP contribution in [-0.4, -0.2) is 0 Å². The van der Waals surface area contributed by atoms with Crippen LogP contribution < -0.4 is 32.9 Å². The molecule has 0 atom stereocenters. The zero-order valence-electron chi connectivity index (χ0n) is 17.8. The summed E-state index contributed by atoms with van der Waals surface area (Å²) in [5, 5.41) is 4.37. The average Bonchev–Trinajstić information content (AvgIpc) is 2.73. The lowest BCUT2D eigenvalue weighted by Crippen LogP contribution is -3.00. The van der Waals surface area contributed by atoms with Crippen LogP contribution in [0.2, 0.25) is 0 Å². The van der Waals surface area contributed by atoms with Crippen LogP contribution in [0.5, 0.6) is 0 Å². The second-order valence-electron chi connectivity index (χ2n) is 7.97. The van der Waals surface area contributed by atoms with Gasteiger partial charge in [-0.05, 0) is 79.4 Å². The van der Waals surface area contributed by atoms with Crippen molar-refractivity contribution in [2.75, 3.05) is 0 Å². The summed E-state index contributed by atoms with van der Waals surface area (Å²) in [6.07, 6.45) is 1.03. The lowest BCUT2D eigenvalue weighted by molar-refractivity contribution is -0.00000593. The van der Waals surface area contributed by atoms with Crippen molar-refractivity contribution in [2.45, 2.75) is 26.9 Å². The summed E-state index contributed by atoms with van der Waals surface area (Å²) in [6.45, 7) is 6.60. The molecule has 0 amide bonds. The molecule has 4 rings (SSSR count). The fourth-order valence-corrected chi connectivity index (χ4v) is 8.67. The Morgan fingerprint density at radius 2 is 0.900 bits per heavy atom. The molecule has 0 spiro atoms. The Kier molecular flexibility index (Phi) is 7.29. The summed E-state index contributed by atoms with van der Waals surface area (Å²) in [5.74, 6) is 0. The SMILES string of the molecule is Cc1cccc([P+](Cc2ccccc2)(c2cccc(C)c2)c2cccc(C)c2)c1.[Br-]. The highest BCUT2D eigenvalue weighted by atomic mass is 79.9. The summed E-state index contributed by atoms with van der Waals surface area (Å²) in [4.78, 5) is 0. The number of halogens is 1. The van der Waals surface area contributed by atoms with Gasteiger partial charge in [0.05, 0.1) is 6.16 Å². The van der Waals surface area contributed by atoms with E-state index in [0.717, 1.165) is 6.16 Å². The van der Waals surface area contributed by atoms with Crippen LogP contribution in [0, 0.1) is 20.8 Å². The van der Waals surface area contributed by atoms with Crippen LogP contribution in [0.1, 0.15) is 22.3 Å². The van der Waals surface area contributed by atoms with Crippen molar-refractivity contribution in [3.8, 4) is 0 Å². The minimum absolute atomic E-state index is 0. The zero-order valence-corrected chi connectivity index (χ0v) is 20.3. The van der Waals surface area contributed by atoms with E-state index in [1.165, 1.54) is 38.2 Å². The second kappa shape index (κ2) is 9.73. The third-order valence-corrected chi connectivity index (χ3v) is 9.91. The molecule has 0 aliphatic heterocycles. The smallest absolute Gasteiger partial charge is 0.116 e. The van der Waals surface area contributed by atoms with E-state index < -0.39 is 7.26 Å². The Morgan fingerprint density at radius 3 is 1.27 bits per heavy atom. The summed E-state index contributed by atoms with van der Waals surface area (Å²) >= 11 is 0. The van der Waals surface area contributed by atoms with E-state index in [9.17, 15) is 0 Å². The first kappa shape index (κ1) is 22.5. The number of benzene rings is 4. The van der Waals surface area contributed by atoms with E-state index in [1.54, 1.807) is 0 Å². The molecule has 0 nitrogen and oxygen atoms in total. The van der Waals surface area contributed by atoms with Crippen LogP contribution in [0.15, 0.2) is 103 Å². The van der Waals surface area contributed by atoms with E-state index in [0.29, 0.717) is 0 Å². The van der Waals surface area contributed by atoms with E-state index in [-0.39, 0.29) is 17.0 Å². The minimum Gasteiger partial charge on any atom is -1.00 e. The largest absolute Gasteiger partial charge is 1.00 e. The van der Waals surface area contributed by atoms with Crippen LogP contribution in [-0.2, 0) is 6.16 Å². The van der Waals surface area contributed by atoms with Crippen molar-refractivity contribution < 1.29 is 17.0 Å². The van der Waals surface area contributed by atoms with Gasteiger partial charge in [-0.1, -0.05) is 66.7 Å². The summed E-state index contributed by atoms with van der Waals surface area (Å²) < 4.78 is 0. The van der Waals surface area contributed by atoms with Crippen molar-refractivity contribution in [1.82, 2.24) is 0 Å². The monoisotopic (exact) mass is 474 g/mol. The Labute approximate surface area is 192 Å². The molecule has 0 fully saturated rings. The first-order valence-corrected chi connectivity index (χ1v) is 12.2. The molecule has 4 aromatic rings. The van der Waals surface area contributed by atoms with Crippen molar-refractivity contribution in [2.24, 2.45) is 0 Å². The lowest BCUT2D eigenvalue weighted by atomic mass is 10.2. The molecule has 2 heteroatoms. The molecule has 0 N–H and O–H groups in total. The highest BCUT2D eigenvalue weighted by Gasteiger charge is 2.45. The van der Waals surface area contributed by atoms with Gasteiger partial charge in [0, 0.05) is 0 Å². The van der Waals surface area contributed by atoms with Gasteiger partial charge in [-0.3, -0.25) is 0 Å².